The van der Waals surface area contributed by atoms with Crippen LogP contribution in [0, 0.1) is 33.6 Å². The van der Waals surface area contributed by atoms with Crippen molar-refractivity contribution in [3.8, 4) is 11.3 Å². The topological polar surface area (TPSA) is 85.9 Å². The largest absolute Gasteiger partial charge is 0.372 e. The van der Waals surface area contributed by atoms with E-state index < -0.39 is 0 Å². The quantitative estimate of drug-likeness (QED) is 0.153. The molecule has 1 unspecified atom stereocenters. The number of benzene rings is 2. The van der Waals surface area contributed by atoms with Crippen LogP contribution >= 0.6 is 7.92 Å². The summed E-state index contributed by atoms with van der Waals surface area (Å²) in [5, 5.41) is 2.73. The average Bonchev–Trinajstić information content (AvgIpc) is 3.05. The number of aromatic nitrogens is 2. The van der Waals surface area contributed by atoms with Crippen molar-refractivity contribution in [3.63, 3.8) is 0 Å². The molecule has 2 aromatic carbocycles. The third-order valence-corrected chi connectivity index (χ3v) is 9.36. The van der Waals surface area contributed by atoms with Crippen LogP contribution in [0.15, 0.2) is 54.7 Å². The van der Waals surface area contributed by atoms with Gasteiger partial charge in [0.15, 0.2) is 0 Å². The first kappa shape index (κ1) is 42.6. The summed E-state index contributed by atoms with van der Waals surface area (Å²) in [6.07, 6.45) is 8.89. The van der Waals surface area contributed by atoms with Crippen LogP contribution in [0.1, 0.15) is 94.8 Å². The van der Waals surface area contributed by atoms with E-state index in [1.54, 1.807) is 0 Å². The van der Waals surface area contributed by atoms with Crippen LogP contribution < -0.4 is 11.0 Å². The molecule has 4 rings (SSSR count). The minimum absolute atomic E-state index is 0.169. The molecule has 2 aromatic heterocycles. The molecule has 0 bridgehead atoms. The summed E-state index contributed by atoms with van der Waals surface area (Å²) in [5.74, 6) is 0.204. The molecule has 0 spiro atoms. The van der Waals surface area contributed by atoms with E-state index in [0.717, 1.165) is 30.3 Å². The number of fused-ring (bicyclic) bond motifs is 1. The molecule has 252 valence electrons. The maximum Gasteiger partial charge on any atom is 0.204 e. The SMILES string of the molecule is CC.CC(C)C=O.CCCC.CCP(C)c1cc(CCc2cc(C)c3ncc(C)cc3c2)nc(-c2ccc(C)cc2)c1C.NC=O. The molecule has 0 aliphatic carbocycles. The number of carbonyl (C=O) groups is 2. The standard InChI is InChI=1S/C29H33N2P.C4H8O.C4H10.C2H6.CH3NO/c1-7-32(6)27-17-26(31-29(22(27)5)24-11-8-19(2)9-12-24)13-10-23-15-21(4)28-25(16-23)14-20(3)18-30-28;1-4(2)3-5;1-3-4-2;1-2;2-1-3/h8-9,11-12,14-18H,7,10,13H2,1-6H3;3-4H,1-2H3;3-4H2,1-2H3;1-2H3;1H,(H2,2,3). The fourth-order valence-electron chi connectivity index (χ4n) is 4.37. The molecule has 0 saturated carbocycles. The molecule has 5 nitrogen and oxygen atoms in total. The Morgan fingerprint density at radius 1 is 0.848 bits per heavy atom. The number of pyridine rings is 2. The zero-order valence-corrected chi connectivity index (χ0v) is 31.6. The van der Waals surface area contributed by atoms with Gasteiger partial charge in [0.1, 0.15) is 6.29 Å². The fourth-order valence-corrected chi connectivity index (χ4v) is 5.76. The molecule has 2 heterocycles. The number of hydrogen-bond acceptors (Lipinski definition) is 4. The molecule has 1 amide bonds. The number of carbonyl (C=O) groups excluding carboxylic acids is 2. The molecule has 6 heteroatoms. The van der Waals surface area contributed by atoms with E-state index in [1.165, 1.54) is 68.8 Å². The number of hydrogen-bond donors (Lipinski definition) is 1. The predicted octanol–water partition coefficient (Wildman–Crippen LogP) is 9.85. The molecule has 2 N–H and O–H groups in total. The maximum absolute atomic E-state index is 9.50. The molecule has 1 atom stereocenters. The van der Waals surface area contributed by atoms with Crippen LogP contribution in [-0.4, -0.2) is 35.5 Å². The molecule has 46 heavy (non-hydrogen) atoms. The first-order chi connectivity index (χ1) is 21.9. The van der Waals surface area contributed by atoms with Crippen LogP contribution in [0.2, 0.25) is 0 Å². The number of aryl methyl sites for hydroxylation is 5. The Balaban J connectivity index is 0.00000123. The second-order valence-electron chi connectivity index (χ2n) is 11.5. The maximum atomic E-state index is 9.50. The van der Waals surface area contributed by atoms with Gasteiger partial charge in [-0.3, -0.25) is 14.8 Å². The van der Waals surface area contributed by atoms with Gasteiger partial charge >= 0.3 is 0 Å². The van der Waals surface area contributed by atoms with Gasteiger partial charge in [0.25, 0.3) is 0 Å². The van der Waals surface area contributed by atoms with Gasteiger partial charge in [-0.1, -0.05) is 105 Å². The number of unbranched alkanes of at least 4 members (excludes halogenated alkanes) is 1. The normalized spacial score (nSPS) is 10.5. The van der Waals surface area contributed by atoms with E-state index in [1.807, 2.05) is 33.9 Å². The highest BCUT2D eigenvalue weighted by Gasteiger charge is 2.15. The molecule has 0 radical (unpaired) electrons. The number of nitrogens with two attached hydrogens (primary N) is 1. The lowest BCUT2D eigenvalue weighted by molar-refractivity contribution is -0.110. The molecule has 0 aliphatic rings. The monoisotopic (exact) mass is 645 g/mol. The van der Waals surface area contributed by atoms with Gasteiger partial charge in [0, 0.05) is 28.8 Å². The summed E-state index contributed by atoms with van der Waals surface area (Å²) in [6.45, 7) is 25.4. The fraction of sp³-hybridized carbons (Fsp3) is 0.450. The molecular weight excluding hydrogens is 585 g/mol. The van der Waals surface area contributed by atoms with Crippen molar-refractivity contribution in [3.05, 3.63) is 88.2 Å². The van der Waals surface area contributed by atoms with Crippen LogP contribution in [0.3, 0.4) is 0 Å². The van der Waals surface area contributed by atoms with Crippen molar-refractivity contribution in [2.24, 2.45) is 11.7 Å². The number of amides is 1. The minimum Gasteiger partial charge on any atom is -0.372 e. The van der Waals surface area contributed by atoms with Crippen molar-refractivity contribution >= 4 is 36.8 Å². The van der Waals surface area contributed by atoms with Crippen molar-refractivity contribution < 1.29 is 9.59 Å². The first-order valence-electron chi connectivity index (χ1n) is 16.7. The third kappa shape index (κ3) is 14.8. The lowest BCUT2D eigenvalue weighted by atomic mass is 10.00. The minimum atomic E-state index is -0.169. The lowest BCUT2D eigenvalue weighted by Crippen LogP contribution is -2.13. The third-order valence-electron chi connectivity index (χ3n) is 7.12. The zero-order valence-electron chi connectivity index (χ0n) is 30.7. The van der Waals surface area contributed by atoms with E-state index >= 15 is 0 Å². The van der Waals surface area contributed by atoms with Crippen molar-refractivity contribution in [2.45, 2.75) is 102 Å². The molecule has 0 aliphatic heterocycles. The summed E-state index contributed by atoms with van der Waals surface area (Å²) in [5.41, 5.74) is 15.3. The Morgan fingerprint density at radius 3 is 1.91 bits per heavy atom. The molecular formula is C40H60N3O2P. The Hall–Kier alpha value is -3.43. The van der Waals surface area contributed by atoms with Gasteiger partial charge < -0.3 is 10.5 Å². The first-order valence-corrected chi connectivity index (χ1v) is 18.7. The second kappa shape index (κ2) is 23.8. The van der Waals surface area contributed by atoms with Gasteiger partial charge in [-0.25, -0.2) is 0 Å². The predicted molar refractivity (Wildman–Crippen MR) is 204 cm³/mol. The Labute approximate surface area is 281 Å². The van der Waals surface area contributed by atoms with Gasteiger partial charge in [-0.15, -0.1) is 0 Å². The van der Waals surface area contributed by atoms with E-state index in [0.29, 0.717) is 0 Å². The van der Waals surface area contributed by atoms with Gasteiger partial charge in [0.2, 0.25) is 6.41 Å². The van der Waals surface area contributed by atoms with E-state index in [4.69, 9.17) is 9.78 Å². The highest BCUT2D eigenvalue weighted by Crippen LogP contribution is 2.34. The lowest BCUT2D eigenvalue weighted by Gasteiger charge is -2.18. The highest BCUT2D eigenvalue weighted by atomic mass is 31.1. The molecule has 0 saturated heterocycles. The smallest absolute Gasteiger partial charge is 0.204 e. The highest BCUT2D eigenvalue weighted by molar-refractivity contribution is 7.64. The molecule has 0 fully saturated rings. The van der Waals surface area contributed by atoms with Crippen molar-refractivity contribution in [2.75, 3.05) is 12.8 Å². The zero-order chi connectivity index (χ0) is 35.2. The van der Waals surface area contributed by atoms with Crippen molar-refractivity contribution in [1.82, 2.24) is 9.97 Å². The summed E-state index contributed by atoms with van der Waals surface area (Å²) >= 11 is 0. The Morgan fingerprint density at radius 2 is 1.41 bits per heavy atom. The van der Waals surface area contributed by atoms with E-state index in [-0.39, 0.29) is 20.2 Å². The van der Waals surface area contributed by atoms with E-state index in [9.17, 15) is 4.79 Å². The molecule has 4 aromatic rings. The number of rotatable bonds is 8. The van der Waals surface area contributed by atoms with Crippen LogP contribution in [0.5, 0.6) is 0 Å². The average molecular weight is 646 g/mol. The van der Waals surface area contributed by atoms with Crippen LogP contribution in [0.4, 0.5) is 0 Å². The number of primary amides is 1. The Bertz CT molecular complexity index is 1450. The number of aldehydes is 1. The summed E-state index contributed by atoms with van der Waals surface area (Å²) < 4.78 is 0. The van der Waals surface area contributed by atoms with Crippen LogP contribution in [-0.2, 0) is 22.4 Å². The second-order valence-corrected chi connectivity index (χ2v) is 14.0. The van der Waals surface area contributed by atoms with Crippen molar-refractivity contribution in [1.29, 1.82) is 0 Å². The van der Waals surface area contributed by atoms with Gasteiger partial charge in [-0.05, 0) is 99.1 Å². The summed E-state index contributed by atoms with van der Waals surface area (Å²) in [4.78, 5) is 27.9. The van der Waals surface area contributed by atoms with Gasteiger partial charge in [0.05, 0.1) is 11.2 Å². The van der Waals surface area contributed by atoms with Gasteiger partial charge in [-0.2, -0.15) is 0 Å². The van der Waals surface area contributed by atoms with E-state index in [2.05, 4.69) is 114 Å². The number of nitrogens with zero attached hydrogens (tertiary/aromatic N) is 2. The van der Waals surface area contributed by atoms with Crippen LogP contribution in [0.25, 0.3) is 22.2 Å². The summed E-state index contributed by atoms with van der Waals surface area (Å²) in [7, 11) is -0.169. The Kier molecular flexibility index (Phi) is 22.1. The summed E-state index contributed by atoms with van der Waals surface area (Å²) in [6, 6.07) is 18.0.